The van der Waals surface area contributed by atoms with E-state index in [9.17, 15) is 8.42 Å². The predicted molar refractivity (Wildman–Crippen MR) is 138 cm³/mol. The smallest absolute Gasteiger partial charge is 0.181 e. The molecule has 0 N–H and O–H groups in total. The van der Waals surface area contributed by atoms with Gasteiger partial charge in [-0.2, -0.15) is 0 Å². The first-order valence-corrected chi connectivity index (χ1v) is 14.4. The summed E-state index contributed by atoms with van der Waals surface area (Å²) in [5, 5.41) is -0.200. The van der Waals surface area contributed by atoms with Crippen LogP contribution in [0.4, 0.5) is 0 Å². The van der Waals surface area contributed by atoms with E-state index in [1.807, 2.05) is 24.5 Å². The third kappa shape index (κ3) is 5.18. The molecule has 1 saturated heterocycles. The van der Waals surface area contributed by atoms with Crippen LogP contribution in [0.5, 0.6) is 0 Å². The van der Waals surface area contributed by atoms with Gasteiger partial charge < -0.3 is 14.0 Å². The summed E-state index contributed by atoms with van der Waals surface area (Å²) in [4.78, 5) is 4.90. The molecule has 0 radical (unpaired) electrons. The van der Waals surface area contributed by atoms with Gasteiger partial charge in [0.25, 0.3) is 0 Å². The third-order valence-electron chi connectivity index (χ3n) is 7.34. The molecule has 6 nitrogen and oxygen atoms in total. The van der Waals surface area contributed by atoms with E-state index in [0.717, 1.165) is 63.0 Å². The van der Waals surface area contributed by atoms with Gasteiger partial charge in [0.05, 0.1) is 28.0 Å². The van der Waals surface area contributed by atoms with Gasteiger partial charge in [0.2, 0.25) is 0 Å². The van der Waals surface area contributed by atoms with E-state index in [1.165, 1.54) is 0 Å². The minimum absolute atomic E-state index is 0.0390. The van der Waals surface area contributed by atoms with Gasteiger partial charge in [0.15, 0.2) is 9.84 Å². The van der Waals surface area contributed by atoms with E-state index >= 15 is 0 Å². The number of rotatable bonds is 9. The quantitative estimate of drug-likeness (QED) is 0.464. The second kappa shape index (κ2) is 10.0. The Labute approximate surface area is 209 Å². The molecular formula is C28H36N2O4S. The highest BCUT2D eigenvalue weighted by molar-refractivity contribution is 7.92. The van der Waals surface area contributed by atoms with Crippen molar-refractivity contribution in [1.82, 2.24) is 4.57 Å². The van der Waals surface area contributed by atoms with Crippen LogP contribution >= 0.6 is 0 Å². The van der Waals surface area contributed by atoms with Crippen LogP contribution in [0.1, 0.15) is 69.7 Å². The van der Waals surface area contributed by atoms with E-state index in [-0.39, 0.29) is 17.4 Å². The molecule has 0 amide bonds. The van der Waals surface area contributed by atoms with E-state index < -0.39 is 15.4 Å². The molecule has 2 aromatic rings. The Hall–Kier alpha value is -2.22. The Balaban J connectivity index is 1.53. The Morgan fingerprint density at radius 2 is 1.86 bits per heavy atom. The number of ether oxygens (including phenoxy) is 2. The van der Waals surface area contributed by atoms with Crippen molar-refractivity contribution in [2.45, 2.75) is 80.3 Å². The molecule has 1 saturated carbocycles. The normalized spacial score (nSPS) is 24.2. The van der Waals surface area contributed by atoms with Gasteiger partial charge in [-0.3, -0.25) is 4.99 Å². The van der Waals surface area contributed by atoms with Crippen LogP contribution in [0.2, 0.25) is 0 Å². The van der Waals surface area contributed by atoms with Crippen LogP contribution in [0.3, 0.4) is 0 Å². The molecule has 2 fully saturated rings. The van der Waals surface area contributed by atoms with Gasteiger partial charge in [0, 0.05) is 38.2 Å². The summed E-state index contributed by atoms with van der Waals surface area (Å²) >= 11 is 0. The van der Waals surface area contributed by atoms with Gasteiger partial charge in [-0.1, -0.05) is 18.2 Å². The molecule has 2 atom stereocenters. The summed E-state index contributed by atoms with van der Waals surface area (Å²) in [6.07, 6.45) is 13.3. The Morgan fingerprint density at radius 3 is 2.49 bits per heavy atom. The molecule has 3 heterocycles. The molecule has 5 rings (SSSR count). The third-order valence-corrected chi connectivity index (χ3v) is 9.62. The number of hydrogen-bond donors (Lipinski definition) is 0. The summed E-state index contributed by atoms with van der Waals surface area (Å²) in [7, 11) is -3.21. The van der Waals surface area contributed by atoms with Crippen molar-refractivity contribution in [2.24, 2.45) is 10.9 Å². The van der Waals surface area contributed by atoms with Crippen molar-refractivity contribution in [2.75, 3.05) is 13.2 Å². The number of nitrogens with zero attached hydrogens (tertiary/aromatic N) is 2. The number of benzene rings is 1. The number of aromatic nitrogens is 1. The molecule has 7 heteroatoms. The van der Waals surface area contributed by atoms with E-state index in [2.05, 4.69) is 47.8 Å². The number of hydrogen-bond acceptors (Lipinski definition) is 5. The fourth-order valence-corrected chi connectivity index (χ4v) is 7.08. The highest BCUT2D eigenvalue weighted by Crippen LogP contribution is 2.39. The van der Waals surface area contributed by atoms with Crippen LogP contribution in [-0.2, 0) is 24.9 Å². The molecule has 35 heavy (non-hydrogen) atoms. The topological polar surface area (TPSA) is 69.9 Å². The first-order chi connectivity index (χ1) is 16.9. The lowest BCUT2D eigenvalue weighted by Gasteiger charge is -2.36. The molecule has 1 aromatic heterocycles. The maximum Gasteiger partial charge on any atom is 0.181 e. The van der Waals surface area contributed by atoms with Crippen LogP contribution < -0.4 is 0 Å². The highest BCUT2D eigenvalue weighted by atomic mass is 32.2. The SMILES string of the molecule is CC(C)OC1(c2cccn2C(CC2CCOCC2)c2ccc(S(=O)(=O)C3CC3)cc2)C=NC=CC1. The summed E-state index contributed by atoms with van der Waals surface area (Å²) in [6.45, 7) is 5.71. The predicted octanol–water partition coefficient (Wildman–Crippen LogP) is 5.44. The van der Waals surface area contributed by atoms with Crippen molar-refractivity contribution in [1.29, 1.82) is 0 Å². The zero-order valence-electron chi connectivity index (χ0n) is 20.7. The van der Waals surface area contributed by atoms with Gasteiger partial charge in [-0.15, -0.1) is 0 Å². The van der Waals surface area contributed by atoms with Gasteiger partial charge in [-0.05, 0) is 81.7 Å². The lowest BCUT2D eigenvalue weighted by molar-refractivity contribution is -0.0380. The summed E-state index contributed by atoms with van der Waals surface area (Å²) in [5.41, 5.74) is 1.56. The van der Waals surface area contributed by atoms with E-state index in [4.69, 9.17) is 9.47 Å². The minimum atomic E-state index is -3.21. The lowest BCUT2D eigenvalue weighted by atomic mass is 9.88. The average Bonchev–Trinajstić information content (AvgIpc) is 3.61. The van der Waals surface area contributed by atoms with Crippen LogP contribution in [0, 0.1) is 5.92 Å². The first kappa shape index (κ1) is 24.5. The van der Waals surface area contributed by atoms with E-state index in [0.29, 0.717) is 10.8 Å². The molecule has 2 unspecified atom stereocenters. The van der Waals surface area contributed by atoms with Gasteiger partial charge >= 0.3 is 0 Å². The molecule has 188 valence electrons. The van der Waals surface area contributed by atoms with Gasteiger partial charge in [-0.25, -0.2) is 8.42 Å². The maximum atomic E-state index is 12.8. The minimum Gasteiger partial charge on any atom is -0.381 e. The second-order valence-corrected chi connectivity index (χ2v) is 12.6. The summed E-state index contributed by atoms with van der Waals surface area (Å²) < 4.78 is 40.0. The Bertz CT molecular complexity index is 1170. The van der Waals surface area contributed by atoms with Crippen molar-refractivity contribution < 1.29 is 17.9 Å². The molecular weight excluding hydrogens is 460 g/mol. The first-order valence-electron chi connectivity index (χ1n) is 12.9. The van der Waals surface area contributed by atoms with Crippen LogP contribution in [-0.4, -0.2) is 43.8 Å². The van der Waals surface area contributed by atoms with Crippen LogP contribution in [0.25, 0.3) is 0 Å². The molecule has 1 aromatic carbocycles. The molecule has 2 aliphatic heterocycles. The van der Waals surface area contributed by atoms with Crippen LogP contribution in [0.15, 0.2) is 64.8 Å². The van der Waals surface area contributed by atoms with Gasteiger partial charge in [0.1, 0.15) is 5.60 Å². The number of aliphatic imine (C=N–C) groups is 1. The zero-order chi connectivity index (χ0) is 24.5. The summed E-state index contributed by atoms with van der Waals surface area (Å²) in [5.74, 6) is 0.542. The molecule has 0 spiro atoms. The molecule has 3 aliphatic rings. The number of sulfone groups is 1. The standard InChI is InChI=1S/C28H36N2O4S/c1-21(2)34-28(14-4-15-29-20-28)27-5-3-16-30(27)26(19-22-12-17-33-18-13-22)23-6-8-24(9-7-23)35(31,32)25-10-11-25/h3-9,15-16,20-22,25-26H,10-14,17-19H2,1-2H3. The Morgan fingerprint density at radius 1 is 1.11 bits per heavy atom. The van der Waals surface area contributed by atoms with Crippen molar-refractivity contribution in [3.63, 3.8) is 0 Å². The van der Waals surface area contributed by atoms with Crippen molar-refractivity contribution in [3.8, 4) is 0 Å². The highest BCUT2D eigenvalue weighted by Gasteiger charge is 2.38. The van der Waals surface area contributed by atoms with Crippen molar-refractivity contribution >= 4 is 16.1 Å². The fraction of sp³-hybridized carbons (Fsp3) is 0.536. The van der Waals surface area contributed by atoms with Crippen molar-refractivity contribution in [3.05, 3.63) is 66.1 Å². The lowest BCUT2D eigenvalue weighted by Crippen LogP contribution is -2.38. The van der Waals surface area contributed by atoms with E-state index in [1.54, 1.807) is 12.1 Å². The average molecular weight is 497 g/mol. The Kier molecular flexibility index (Phi) is 7.02. The summed E-state index contributed by atoms with van der Waals surface area (Å²) in [6, 6.07) is 11.9. The zero-order valence-corrected chi connectivity index (χ0v) is 21.5. The maximum absolute atomic E-state index is 12.8. The fourth-order valence-electron chi connectivity index (χ4n) is 5.42. The molecule has 1 aliphatic carbocycles. The molecule has 0 bridgehead atoms. The largest absolute Gasteiger partial charge is 0.381 e. The second-order valence-electron chi connectivity index (χ2n) is 10.3. The monoisotopic (exact) mass is 496 g/mol.